The van der Waals surface area contributed by atoms with Crippen LogP contribution in [-0.4, -0.2) is 19.0 Å². The Balaban J connectivity index is 2.03. The lowest BCUT2D eigenvalue weighted by Gasteiger charge is -2.21. The molecule has 0 unspecified atom stereocenters. The Morgan fingerprint density at radius 3 is 2.71 bits per heavy atom. The monoisotopic (exact) mass is 297 g/mol. The minimum atomic E-state index is 0.171. The van der Waals surface area contributed by atoms with E-state index in [-0.39, 0.29) is 5.78 Å². The number of benzene rings is 1. The second-order valence-corrected chi connectivity index (χ2v) is 5.37. The first-order valence-corrected chi connectivity index (χ1v) is 6.61. The second-order valence-electron chi connectivity index (χ2n) is 4.46. The number of anilines is 1. The zero-order valence-corrected chi connectivity index (χ0v) is 11.2. The first-order valence-electron chi connectivity index (χ1n) is 5.82. The van der Waals surface area contributed by atoms with Crippen molar-refractivity contribution in [2.75, 3.05) is 18.9 Å². The first-order chi connectivity index (χ1) is 8.15. The third kappa shape index (κ3) is 3.54. The number of halogens is 1. The molecule has 4 heteroatoms. The van der Waals surface area contributed by atoms with Gasteiger partial charge in [-0.25, -0.2) is 0 Å². The van der Waals surface area contributed by atoms with Gasteiger partial charge in [-0.1, -0.05) is 15.9 Å². The minimum absolute atomic E-state index is 0.171. The molecule has 1 fully saturated rings. The van der Waals surface area contributed by atoms with Gasteiger partial charge in [0.25, 0.3) is 0 Å². The molecule has 1 aliphatic heterocycles. The number of rotatable bonds is 3. The Bertz CT molecular complexity index is 394. The van der Waals surface area contributed by atoms with Crippen LogP contribution in [0.4, 0.5) is 5.69 Å². The van der Waals surface area contributed by atoms with Crippen LogP contribution < -0.4 is 5.73 Å². The van der Waals surface area contributed by atoms with Gasteiger partial charge in [-0.3, -0.25) is 4.79 Å². The summed E-state index contributed by atoms with van der Waals surface area (Å²) in [6, 6.07) is 5.37. The number of hydrogen-bond acceptors (Lipinski definition) is 3. The molecule has 0 aromatic heterocycles. The summed E-state index contributed by atoms with van der Waals surface area (Å²) in [6.07, 6.45) is 2.56. The topological polar surface area (TPSA) is 52.3 Å². The van der Waals surface area contributed by atoms with E-state index in [0.29, 0.717) is 23.6 Å². The average molecular weight is 298 g/mol. The molecule has 3 nitrogen and oxygen atoms in total. The van der Waals surface area contributed by atoms with Crippen LogP contribution in [0.25, 0.3) is 0 Å². The largest absolute Gasteiger partial charge is 0.399 e. The fourth-order valence-electron chi connectivity index (χ4n) is 2.10. The number of nitrogen functional groups attached to an aromatic ring is 1. The zero-order valence-electron chi connectivity index (χ0n) is 9.62. The molecule has 1 heterocycles. The number of Topliss-reactive ketones (excluding diaryl/α,β-unsaturated/α-hetero) is 1. The molecule has 1 saturated heterocycles. The van der Waals surface area contributed by atoms with Crippen molar-refractivity contribution in [3.63, 3.8) is 0 Å². The highest BCUT2D eigenvalue weighted by atomic mass is 79.9. The lowest BCUT2D eigenvalue weighted by molar-refractivity contribution is 0.0601. The Hall–Kier alpha value is -0.870. The molecule has 17 heavy (non-hydrogen) atoms. The summed E-state index contributed by atoms with van der Waals surface area (Å²) in [7, 11) is 0. The molecular weight excluding hydrogens is 282 g/mol. The summed E-state index contributed by atoms with van der Waals surface area (Å²) in [6.45, 7) is 1.55. The Morgan fingerprint density at radius 1 is 1.35 bits per heavy atom. The van der Waals surface area contributed by atoms with Gasteiger partial charge in [-0.15, -0.1) is 0 Å². The number of nitrogens with two attached hydrogens (primary N) is 1. The molecular formula is C13H16BrNO2. The van der Waals surface area contributed by atoms with Crippen molar-refractivity contribution >= 4 is 27.4 Å². The van der Waals surface area contributed by atoms with Crippen molar-refractivity contribution in [2.45, 2.75) is 19.3 Å². The molecule has 2 N–H and O–H groups in total. The molecule has 2 rings (SSSR count). The SMILES string of the molecule is Nc1cc(Br)cc(C(=O)CC2CCOCC2)c1. The van der Waals surface area contributed by atoms with Crippen LogP contribution in [0.5, 0.6) is 0 Å². The normalized spacial score (nSPS) is 17.0. The van der Waals surface area contributed by atoms with Crippen LogP contribution in [0.15, 0.2) is 22.7 Å². The fourth-order valence-corrected chi connectivity index (χ4v) is 2.61. The third-order valence-electron chi connectivity index (χ3n) is 3.06. The van der Waals surface area contributed by atoms with Crippen LogP contribution in [0.2, 0.25) is 0 Å². The molecule has 0 spiro atoms. The van der Waals surface area contributed by atoms with Crippen LogP contribution >= 0.6 is 15.9 Å². The highest BCUT2D eigenvalue weighted by Gasteiger charge is 2.18. The van der Waals surface area contributed by atoms with E-state index in [1.807, 2.05) is 6.07 Å². The van der Waals surface area contributed by atoms with Gasteiger partial charge in [0.15, 0.2) is 5.78 Å². The van der Waals surface area contributed by atoms with E-state index in [1.54, 1.807) is 12.1 Å². The molecule has 0 radical (unpaired) electrons. The van der Waals surface area contributed by atoms with Gasteiger partial charge in [-0.2, -0.15) is 0 Å². The Labute approximate surface area is 109 Å². The summed E-state index contributed by atoms with van der Waals surface area (Å²) in [4.78, 5) is 12.1. The quantitative estimate of drug-likeness (QED) is 0.689. The maximum atomic E-state index is 12.1. The summed E-state index contributed by atoms with van der Waals surface area (Å²) >= 11 is 3.35. The van der Waals surface area contributed by atoms with Crippen molar-refractivity contribution < 1.29 is 9.53 Å². The van der Waals surface area contributed by atoms with Crippen LogP contribution in [0.1, 0.15) is 29.6 Å². The van der Waals surface area contributed by atoms with E-state index in [9.17, 15) is 4.79 Å². The number of ether oxygens (including phenoxy) is 1. The maximum absolute atomic E-state index is 12.1. The Kier molecular flexibility index (Phi) is 4.18. The van der Waals surface area contributed by atoms with Gasteiger partial charge in [0.2, 0.25) is 0 Å². The standard InChI is InChI=1S/C13H16BrNO2/c14-11-6-10(7-12(15)8-11)13(16)5-9-1-3-17-4-2-9/h6-9H,1-5,15H2. The lowest BCUT2D eigenvalue weighted by atomic mass is 9.92. The predicted molar refractivity (Wildman–Crippen MR) is 71.0 cm³/mol. The molecule has 0 atom stereocenters. The van der Waals surface area contributed by atoms with E-state index >= 15 is 0 Å². The smallest absolute Gasteiger partial charge is 0.163 e. The summed E-state index contributed by atoms with van der Waals surface area (Å²) in [5.74, 6) is 0.626. The first kappa shape index (κ1) is 12.6. The molecule has 92 valence electrons. The molecule has 1 aliphatic rings. The van der Waals surface area contributed by atoms with Gasteiger partial charge >= 0.3 is 0 Å². The minimum Gasteiger partial charge on any atom is -0.399 e. The van der Waals surface area contributed by atoms with Crippen LogP contribution in [-0.2, 0) is 4.74 Å². The molecule has 1 aromatic rings. The van der Waals surface area contributed by atoms with Gasteiger partial charge < -0.3 is 10.5 Å². The molecule has 0 bridgehead atoms. The number of hydrogen-bond donors (Lipinski definition) is 1. The second kappa shape index (κ2) is 5.65. The highest BCUT2D eigenvalue weighted by molar-refractivity contribution is 9.10. The van der Waals surface area contributed by atoms with Crippen molar-refractivity contribution in [1.29, 1.82) is 0 Å². The van der Waals surface area contributed by atoms with Gasteiger partial charge in [-0.05, 0) is 37.0 Å². The highest BCUT2D eigenvalue weighted by Crippen LogP contribution is 2.23. The van der Waals surface area contributed by atoms with Gasteiger partial charge in [0, 0.05) is 35.4 Å². The summed E-state index contributed by atoms with van der Waals surface area (Å²) in [5.41, 5.74) is 7.05. The third-order valence-corrected chi connectivity index (χ3v) is 3.51. The Morgan fingerprint density at radius 2 is 2.06 bits per heavy atom. The number of ketones is 1. The molecule has 0 amide bonds. The average Bonchev–Trinajstić information content (AvgIpc) is 2.29. The fraction of sp³-hybridized carbons (Fsp3) is 0.462. The maximum Gasteiger partial charge on any atom is 0.163 e. The summed E-state index contributed by atoms with van der Waals surface area (Å²) in [5, 5.41) is 0. The van der Waals surface area contributed by atoms with Crippen molar-refractivity contribution in [2.24, 2.45) is 5.92 Å². The van der Waals surface area contributed by atoms with Crippen molar-refractivity contribution in [3.8, 4) is 0 Å². The van der Waals surface area contributed by atoms with Crippen LogP contribution in [0, 0.1) is 5.92 Å². The van der Waals surface area contributed by atoms with Crippen molar-refractivity contribution in [1.82, 2.24) is 0 Å². The van der Waals surface area contributed by atoms with E-state index in [4.69, 9.17) is 10.5 Å². The van der Waals surface area contributed by atoms with E-state index in [2.05, 4.69) is 15.9 Å². The lowest BCUT2D eigenvalue weighted by Crippen LogP contribution is -2.18. The number of carbonyl (C=O) groups excluding carboxylic acids is 1. The van der Waals surface area contributed by atoms with E-state index in [0.717, 1.165) is 30.5 Å². The van der Waals surface area contributed by atoms with Crippen LogP contribution in [0.3, 0.4) is 0 Å². The summed E-state index contributed by atoms with van der Waals surface area (Å²) < 4.78 is 6.14. The van der Waals surface area contributed by atoms with E-state index < -0.39 is 0 Å². The molecule has 0 aliphatic carbocycles. The van der Waals surface area contributed by atoms with E-state index in [1.165, 1.54) is 0 Å². The number of carbonyl (C=O) groups is 1. The van der Waals surface area contributed by atoms with Crippen molar-refractivity contribution in [3.05, 3.63) is 28.2 Å². The molecule has 1 aromatic carbocycles. The van der Waals surface area contributed by atoms with Gasteiger partial charge in [0.1, 0.15) is 0 Å². The zero-order chi connectivity index (χ0) is 12.3. The predicted octanol–water partition coefficient (Wildman–Crippen LogP) is 3.03. The molecule has 0 saturated carbocycles. The van der Waals surface area contributed by atoms with Gasteiger partial charge in [0.05, 0.1) is 0 Å².